The van der Waals surface area contributed by atoms with Gasteiger partial charge in [0, 0.05) is 11.9 Å². The minimum atomic E-state index is -0.697. The molecule has 0 aliphatic heterocycles. The molecule has 0 bridgehead atoms. The third-order valence-electron chi connectivity index (χ3n) is 2.60. The Balaban J connectivity index is 2.05. The van der Waals surface area contributed by atoms with E-state index in [1.807, 2.05) is 0 Å². The van der Waals surface area contributed by atoms with Crippen LogP contribution in [0, 0.1) is 0 Å². The van der Waals surface area contributed by atoms with Crippen LogP contribution in [0.5, 0.6) is 5.75 Å². The third kappa shape index (κ3) is 3.82. The number of rotatable bonds is 5. The monoisotopic (exact) mass is 289 g/mol. The van der Waals surface area contributed by atoms with Crippen LogP contribution in [0.3, 0.4) is 0 Å². The molecule has 21 heavy (non-hydrogen) atoms. The van der Waals surface area contributed by atoms with Crippen molar-refractivity contribution in [2.75, 3.05) is 12.3 Å². The fraction of sp³-hybridized carbons (Fsp3) is 0.214. The van der Waals surface area contributed by atoms with E-state index in [0.29, 0.717) is 17.3 Å². The molecule has 0 saturated carbocycles. The number of nitrogens with zero attached hydrogens (tertiary/aromatic N) is 1. The molecule has 0 aliphatic carbocycles. The summed E-state index contributed by atoms with van der Waals surface area (Å²) in [7, 11) is 0. The first-order valence-electron chi connectivity index (χ1n) is 6.34. The summed E-state index contributed by atoms with van der Waals surface area (Å²) in [4.78, 5) is 29.7. The Hall–Kier alpha value is -2.83. The summed E-state index contributed by atoms with van der Waals surface area (Å²) in [5.41, 5.74) is 5.51. The van der Waals surface area contributed by atoms with Crippen molar-refractivity contribution in [2.24, 2.45) is 0 Å². The number of ether oxygens (including phenoxy) is 2. The van der Waals surface area contributed by atoms with Gasteiger partial charge in [0.2, 0.25) is 0 Å². The van der Waals surface area contributed by atoms with Crippen LogP contribution in [-0.4, -0.2) is 22.5 Å². The van der Waals surface area contributed by atoms with Gasteiger partial charge in [-0.25, -0.2) is 9.78 Å². The van der Waals surface area contributed by atoms with Crippen LogP contribution in [-0.2, 0) is 11.3 Å². The minimum absolute atomic E-state index is 0.0717. The van der Waals surface area contributed by atoms with Crippen molar-refractivity contribution in [1.29, 1.82) is 0 Å². The Morgan fingerprint density at radius 2 is 2.05 bits per heavy atom. The Kier molecular flexibility index (Phi) is 4.55. The molecule has 0 amide bonds. The van der Waals surface area contributed by atoms with Gasteiger partial charge in [0.25, 0.3) is 5.56 Å². The van der Waals surface area contributed by atoms with E-state index >= 15 is 0 Å². The van der Waals surface area contributed by atoms with E-state index in [1.54, 1.807) is 31.2 Å². The molecule has 2 aromatic rings. The highest BCUT2D eigenvalue weighted by atomic mass is 16.5. The van der Waals surface area contributed by atoms with Gasteiger partial charge >= 0.3 is 5.97 Å². The lowest BCUT2D eigenvalue weighted by Crippen LogP contribution is -2.22. The zero-order valence-electron chi connectivity index (χ0n) is 11.5. The number of aromatic nitrogens is 2. The van der Waals surface area contributed by atoms with Gasteiger partial charge in [0.05, 0.1) is 6.61 Å². The second kappa shape index (κ2) is 6.56. The summed E-state index contributed by atoms with van der Waals surface area (Å²) in [5, 5.41) is 0. The molecule has 0 radical (unpaired) electrons. The van der Waals surface area contributed by atoms with Gasteiger partial charge in [-0.3, -0.25) is 4.79 Å². The molecule has 3 N–H and O–H groups in total. The first-order chi connectivity index (χ1) is 10.1. The maximum atomic E-state index is 11.7. The third-order valence-corrected chi connectivity index (χ3v) is 2.60. The lowest BCUT2D eigenvalue weighted by atomic mass is 10.3. The summed E-state index contributed by atoms with van der Waals surface area (Å²) in [6, 6.07) is 6.82. The number of benzene rings is 1. The average Bonchev–Trinajstić information content (AvgIpc) is 2.47. The van der Waals surface area contributed by atoms with E-state index in [9.17, 15) is 9.59 Å². The highest BCUT2D eigenvalue weighted by molar-refractivity contribution is 5.88. The summed E-state index contributed by atoms with van der Waals surface area (Å²) in [5.74, 6) is 0.212. The topological polar surface area (TPSA) is 107 Å². The molecule has 1 heterocycles. The number of hydrogen-bond acceptors (Lipinski definition) is 6. The smallest absolute Gasteiger partial charge is 0.345 e. The quantitative estimate of drug-likeness (QED) is 0.630. The number of esters is 1. The Bertz CT molecular complexity index is 679. The molecule has 2 rings (SSSR count). The molecule has 0 spiro atoms. The van der Waals surface area contributed by atoms with Gasteiger partial charge in [0.1, 0.15) is 23.7 Å². The first-order valence-corrected chi connectivity index (χ1v) is 6.34. The zero-order chi connectivity index (χ0) is 15.2. The standard InChI is InChI=1S/C14H15N3O4/c1-2-20-14(19)11-7-16-12(17-13(11)18)8-21-10-5-3-9(15)4-6-10/h3-7H,2,8,15H2,1H3,(H,16,17,18). The molecule has 0 fully saturated rings. The average molecular weight is 289 g/mol. The maximum absolute atomic E-state index is 11.7. The number of nitrogens with two attached hydrogens (primary N) is 1. The number of hydrogen-bond donors (Lipinski definition) is 2. The van der Waals surface area contributed by atoms with Crippen LogP contribution < -0.4 is 16.0 Å². The molecule has 0 saturated heterocycles. The van der Waals surface area contributed by atoms with Crippen LogP contribution in [0.1, 0.15) is 23.1 Å². The number of anilines is 1. The molecule has 7 heteroatoms. The van der Waals surface area contributed by atoms with E-state index < -0.39 is 11.5 Å². The van der Waals surface area contributed by atoms with Crippen molar-refractivity contribution in [3.05, 3.63) is 52.2 Å². The predicted molar refractivity (Wildman–Crippen MR) is 76.0 cm³/mol. The molecule has 0 atom stereocenters. The highest BCUT2D eigenvalue weighted by Gasteiger charge is 2.12. The number of nitrogen functional groups attached to an aromatic ring is 1. The summed E-state index contributed by atoms with van der Waals surface area (Å²) in [6.45, 7) is 1.93. The number of carbonyl (C=O) groups excluding carboxylic acids is 1. The number of H-pyrrole nitrogens is 1. The van der Waals surface area contributed by atoms with Crippen molar-refractivity contribution in [2.45, 2.75) is 13.5 Å². The summed E-state index contributed by atoms with van der Waals surface area (Å²) >= 11 is 0. The number of carbonyl (C=O) groups is 1. The molecular weight excluding hydrogens is 274 g/mol. The highest BCUT2D eigenvalue weighted by Crippen LogP contribution is 2.13. The fourth-order valence-electron chi connectivity index (χ4n) is 1.58. The lowest BCUT2D eigenvalue weighted by Gasteiger charge is -2.06. The van der Waals surface area contributed by atoms with Crippen molar-refractivity contribution in [3.8, 4) is 5.75 Å². The van der Waals surface area contributed by atoms with E-state index in [2.05, 4.69) is 9.97 Å². The van der Waals surface area contributed by atoms with Gasteiger partial charge < -0.3 is 20.2 Å². The van der Waals surface area contributed by atoms with Gasteiger partial charge in [-0.1, -0.05) is 0 Å². The van der Waals surface area contributed by atoms with Crippen molar-refractivity contribution in [1.82, 2.24) is 9.97 Å². The number of nitrogens with one attached hydrogen (secondary N) is 1. The molecule has 0 aliphatic rings. The Morgan fingerprint density at radius 1 is 1.33 bits per heavy atom. The van der Waals surface area contributed by atoms with Crippen LogP contribution in [0.15, 0.2) is 35.3 Å². The largest absolute Gasteiger partial charge is 0.486 e. The normalized spacial score (nSPS) is 10.1. The maximum Gasteiger partial charge on any atom is 0.345 e. The van der Waals surface area contributed by atoms with Gasteiger partial charge in [-0.15, -0.1) is 0 Å². The van der Waals surface area contributed by atoms with Gasteiger partial charge in [0.15, 0.2) is 0 Å². The first kappa shape index (κ1) is 14.6. The molecule has 1 aromatic heterocycles. The van der Waals surface area contributed by atoms with Crippen LogP contribution in [0.25, 0.3) is 0 Å². The fourth-order valence-corrected chi connectivity index (χ4v) is 1.58. The molecule has 0 unspecified atom stereocenters. The second-order valence-corrected chi connectivity index (χ2v) is 4.15. The molecular formula is C14H15N3O4. The summed E-state index contributed by atoms with van der Waals surface area (Å²) in [6.07, 6.45) is 1.18. The van der Waals surface area contributed by atoms with Crippen LogP contribution in [0.4, 0.5) is 5.69 Å². The predicted octanol–water partition coefficient (Wildman–Crippen LogP) is 1.11. The van der Waals surface area contributed by atoms with Gasteiger partial charge in [-0.05, 0) is 31.2 Å². The molecule has 110 valence electrons. The van der Waals surface area contributed by atoms with E-state index in [-0.39, 0.29) is 18.8 Å². The van der Waals surface area contributed by atoms with Crippen LogP contribution >= 0.6 is 0 Å². The van der Waals surface area contributed by atoms with Crippen molar-refractivity contribution >= 4 is 11.7 Å². The Labute approximate surface area is 120 Å². The van der Waals surface area contributed by atoms with Crippen LogP contribution in [0.2, 0.25) is 0 Å². The zero-order valence-corrected chi connectivity index (χ0v) is 11.5. The Morgan fingerprint density at radius 3 is 2.67 bits per heavy atom. The second-order valence-electron chi connectivity index (χ2n) is 4.15. The van der Waals surface area contributed by atoms with E-state index in [1.165, 1.54) is 6.20 Å². The van der Waals surface area contributed by atoms with Crippen molar-refractivity contribution in [3.63, 3.8) is 0 Å². The lowest BCUT2D eigenvalue weighted by molar-refractivity contribution is 0.0523. The summed E-state index contributed by atoms with van der Waals surface area (Å²) < 4.78 is 10.2. The van der Waals surface area contributed by atoms with E-state index in [0.717, 1.165) is 0 Å². The SMILES string of the molecule is CCOC(=O)c1cnc(COc2ccc(N)cc2)[nH]c1=O. The van der Waals surface area contributed by atoms with Gasteiger partial charge in [-0.2, -0.15) is 0 Å². The van der Waals surface area contributed by atoms with E-state index in [4.69, 9.17) is 15.2 Å². The molecule has 1 aromatic carbocycles. The minimum Gasteiger partial charge on any atom is -0.486 e. The number of aromatic amines is 1. The molecule has 7 nitrogen and oxygen atoms in total. The van der Waals surface area contributed by atoms with Crippen molar-refractivity contribution < 1.29 is 14.3 Å².